The number of aromatic nitrogens is 1. The minimum atomic E-state index is -0.471. The number of piperidine rings is 1. The maximum absolute atomic E-state index is 13.9. The summed E-state index contributed by atoms with van der Waals surface area (Å²) in [5.74, 6) is -0.941. The molecule has 1 fully saturated rings. The van der Waals surface area contributed by atoms with Crippen LogP contribution in [0.15, 0.2) is 54.9 Å². The van der Waals surface area contributed by atoms with E-state index in [4.69, 9.17) is 0 Å². The van der Waals surface area contributed by atoms with Crippen molar-refractivity contribution in [2.24, 2.45) is 0 Å². The van der Waals surface area contributed by atoms with Crippen molar-refractivity contribution in [2.45, 2.75) is 25.4 Å². The summed E-state index contributed by atoms with van der Waals surface area (Å²) in [7, 11) is 0. The van der Waals surface area contributed by atoms with Gasteiger partial charge in [0.05, 0.1) is 0 Å². The number of hydrogen-bond donors (Lipinski definition) is 1. The molecule has 0 radical (unpaired) electrons. The van der Waals surface area contributed by atoms with Crippen LogP contribution in [0.1, 0.15) is 18.4 Å². The van der Waals surface area contributed by atoms with E-state index < -0.39 is 11.6 Å². The van der Waals surface area contributed by atoms with Gasteiger partial charge in [-0.05, 0) is 43.7 Å². The molecule has 0 spiro atoms. The number of rotatable bonds is 4. The van der Waals surface area contributed by atoms with E-state index in [2.05, 4.69) is 21.3 Å². The number of pyridine rings is 1. The van der Waals surface area contributed by atoms with E-state index in [1.807, 2.05) is 24.4 Å². The van der Waals surface area contributed by atoms with Crippen molar-refractivity contribution in [1.29, 1.82) is 0 Å². The molecule has 2 aromatic carbocycles. The van der Waals surface area contributed by atoms with E-state index in [0.717, 1.165) is 42.4 Å². The average Bonchev–Trinajstić information content (AvgIpc) is 2.66. The van der Waals surface area contributed by atoms with Gasteiger partial charge >= 0.3 is 0 Å². The highest BCUT2D eigenvalue weighted by molar-refractivity contribution is 5.93. The number of anilines is 1. The van der Waals surface area contributed by atoms with Gasteiger partial charge in [-0.2, -0.15) is 0 Å². The molecule has 3 nitrogen and oxygen atoms in total. The van der Waals surface area contributed by atoms with Gasteiger partial charge in [0, 0.05) is 53.5 Å². The molecule has 3 aromatic rings. The second-order valence-electron chi connectivity index (χ2n) is 6.82. The van der Waals surface area contributed by atoms with E-state index in [1.54, 1.807) is 6.20 Å². The molecule has 0 bridgehead atoms. The van der Waals surface area contributed by atoms with Crippen molar-refractivity contribution in [3.8, 4) is 0 Å². The van der Waals surface area contributed by atoms with Crippen molar-refractivity contribution < 1.29 is 8.78 Å². The number of nitrogens with zero attached hydrogens (tertiary/aromatic N) is 2. The lowest BCUT2D eigenvalue weighted by atomic mass is 10.0. The number of nitrogens with one attached hydrogen (secondary N) is 1. The van der Waals surface area contributed by atoms with Crippen LogP contribution in [-0.2, 0) is 6.54 Å². The van der Waals surface area contributed by atoms with Gasteiger partial charge in [-0.15, -0.1) is 0 Å². The van der Waals surface area contributed by atoms with Crippen LogP contribution in [-0.4, -0.2) is 29.0 Å². The first-order valence-corrected chi connectivity index (χ1v) is 8.95. The first kappa shape index (κ1) is 16.9. The number of hydrogen-bond acceptors (Lipinski definition) is 3. The van der Waals surface area contributed by atoms with Crippen LogP contribution >= 0.6 is 0 Å². The normalized spacial score (nSPS) is 18.2. The van der Waals surface area contributed by atoms with E-state index in [9.17, 15) is 8.78 Å². The predicted molar refractivity (Wildman–Crippen MR) is 100 cm³/mol. The molecule has 1 aromatic heterocycles. The predicted octanol–water partition coefficient (Wildman–Crippen LogP) is 4.59. The molecule has 26 heavy (non-hydrogen) atoms. The summed E-state index contributed by atoms with van der Waals surface area (Å²) in [6, 6.07) is 12.4. The summed E-state index contributed by atoms with van der Waals surface area (Å²) in [6.45, 7) is 1.91. The van der Waals surface area contributed by atoms with Crippen molar-refractivity contribution in [3.63, 3.8) is 0 Å². The smallest absolute Gasteiger partial charge is 0.130 e. The van der Waals surface area contributed by atoms with Crippen LogP contribution in [0.4, 0.5) is 14.5 Å². The summed E-state index contributed by atoms with van der Waals surface area (Å²) < 4.78 is 27.9. The standard InChI is InChI=1S/C21H21F2N3/c22-19-6-2-7-20(23)18(19)14-26-11-3-5-16(13-26)25-21-8-1-4-15-12-24-10-9-17(15)21/h1-2,4,6-10,12,16,25H,3,5,11,13-14H2. The number of fused-ring (bicyclic) bond motifs is 1. The summed E-state index contributed by atoms with van der Waals surface area (Å²) in [5, 5.41) is 5.85. The van der Waals surface area contributed by atoms with Gasteiger partial charge in [0.25, 0.3) is 0 Å². The first-order chi connectivity index (χ1) is 12.7. The summed E-state index contributed by atoms with van der Waals surface area (Å²) in [5.41, 5.74) is 1.23. The zero-order valence-corrected chi connectivity index (χ0v) is 14.5. The van der Waals surface area contributed by atoms with E-state index in [0.29, 0.717) is 6.54 Å². The van der Waals surface area contributed by atoms with E-state index in [-0.39, 0.29) is 11.6 Å². The third kappa shape index (κ3) is 3.53. The minimum Gasteiger partial charge on any atom is -0.381 e. The summed E-state index contributed by atoms with van der Waals surface area (Å²) >= 11 is 0. The fraction of sp³-hybridized carbons (Fsp3) is 0.286. The Balaban J connectivity index is 1.48. The van der Waals surface area contributed by atoms with Gasteiger partial charge in [0.1, 0.15) is 11.6 Å². The largest absolute Gasteiger partial charge is 0.381 e. The van der Waals surface area contributed by atoms with E-state index >= 15 is 0 Å². The molecular formula is C21H21F2N3. The molecule has 1 N–H and O–H groups in total. The number of likely N-dealkylation sites (tertiary alicyclic amines) is 1. The summed E-state index contributed by atoms with van der Waals surface area (Å²) in [6.07, 6.45) is 5.69. The average molecular weight is 353 g/mol. The fourth-order valence-electron chi connectivity index (χ4n) is 3.69. The molecule has 4 rings (SSSR count). The highest BCUT2D eigenvalue weighted by atomic mass is 19.1. The van der Waals surface area contributed by atoms with Gasteiger partial charge in [-0.25, -0.2) is 8.78 Å². The Morgan fingerprint density at radius 3 is 2.73 bits per heavy atom. The Morgan fingerprint density at radius 1 is 1.08 bits per heavy atom. The lowest BCUT2D eigenvalue weighted by molar-refractivity contribution is 0.203. The highest BCUT2D eigenvalue weighted by Crippen LogP contribution is 2.25. The van der Waals surface area contributed by atoms with Gasteiger partial charge in [-0.3, -0.25) is 9.88 Å². The topological polar surface area (TPSA) is 28.2 Å². The second-order valence-corrected chi connectivity index (χ2v) is 6.82. The van der Waals surface area contributed by atoms with Crippen LogP contribution in [0.25, 0.3) is 10.8 Å². The third-order valence-electron chi connectivity index (χ3n) is 4.99. The minimum absolute atomic E-state index is 0.157. The van der Waals surface area contributed by atoms with Crippen molar-refractivity contribution in [2.75, 3.05) is 18.4 Å². The SMILES string of the molecule is Fc1cccc(F)c1CN1CCCC(Nc2cccc3cnccc23)C1. The Kier molecular flexibility index (Phi) is 4.80. The molecular weight excluding hydrogens is 332 g/mol. The van der Waals surface area contributed by atoms with Crippen molar-refractivity contribution >= 4 is 16.5 Å². The van der Waals surface area contributed by atoms with Gasteiger partial charge in [0.2, 0.25) is 0 Å². The lowest BCUT2D eigenvalue weighted by Crippen LogP contribution is -2.41. The highest BCUT2D eigenvalue weighted by Gasteiger charge is 2.22. The van der Waals surface area contributed by atoms with Crippen LogP contribution in [0.5, 0.6) is 0 Å². The van der Waals surface area contributed by atoms with Crippen LogP contribution < -0.4 is 5.32 Å². The molecule has 1 atom stereocenters. The Bertz CT molecular complexity index is 887. The van der Waals surface area contributed by atoms with Crippen LogP contribution in [0.3, 0.4) is 0 Å². The zero-order chi connectivity index (χ0) is 17.9. The lowest BCUT2D eigenvalue weighted by Gasteiger charge is -2.34. The quantitative estimate of drug-likeness (QED) is 0.744. The van der Waals surface area contributed by atoms with Gasteiger partial charge < -0.3 is 5.32 Å². The molecule has 134 valence electrons. The van der Waals surface area contributed by atoms with Crippen molar-refractivity contribution in [3.05, 3.63) is 72.1 Å². The molecule has 0 aliphatic carbocycles. The van der Waals surface area contributed by atoms with E-state index in [1.165, 1.54) is 18.2 Å². The Morgan fingerprint density at radius 2 is 1.88 bits per heavy atom. The third-order valence-corrected chi connectivity index (χ3v) is 4.99. The zero-order valence-electron chi connectivity index (χ0n) is 14.5. The maximum atomic E-state index is 13.9. The Labute approximate surface area is 151 Å². The fourth-order valence-corrected chi connectivity index (χ4v) is 3.69. The van der Waals surface area contributed by atoms with Gasteiger partial charge in [0.15, 0.2) is 0 Å². The Hall–Kier alpha value is -2.53. The maximum Gasteiger partial charge on any atom is 0.130 e. The second kappa shape index (κ2) is 7.38. The van der Waals surface area contributed by atoms with Crippen LogP contribution in [0.2, 0.25) is 0 Å². The molecule has 0 amide bonds. The van der Waals surface area contributed by atoms with Crippen molar-refractivity contribution in [1.82, 2.24) is 9.88 Å². The van der Waals surface area contributed by atoms with Crippen LogP contribution in [0, 0.1) is 11.6 Å². The molecule has 5 heteroatoms. The summed E-state index contributed by atoms with van der Waals surface area (Å²) in [4.78, 5) is 6.29. The molecule has 1 aliphatic heterocycles. The molecule has 2 heterocycles. The molecule has 0 saturated carbocycles. The monoisotopic (exact) mass is 353 g/mol. The molecule has 1 aliphatic rings. The first-order valence-electron chi connectivity index (χ1n) is 8.95. The molecule has 1 unspecified atom stereocenters. The number of benzene rings is 2. The molecule has 1 saturated heterocycles. The van der Waals surface area contributed by atoms with Gasteiger partial charge in [-0.1, -0.05) is 18.2 Å². The number of halogens is 2.